The van der Waals surface area contributed by atoms with E-state index in [4.69, 9.17) is 4.74 Å². The van der Waals surface area contributed by atoms with Gasteiger partial charge in [-0.25, -0.2) is 4.39 Å². The van der Waals surface area contributed by atoms with Gasteiger partial charge in [-0.05, 0) is 146 Å². The number of piperidine rings is 3. The van der Waals surface area contributed by atoms with Crippen molar-refractivity contribution in [2.45, 2.75) is 87.2 Å². The van der Waals surface area contributed by atoms with Gasteiger partial charge >= 0.3 is 0 Å². The fourth-order valence-electron chi connectivity index (χ4n) is 10.5. The van der Waals surface area contributed by atoms with E-state index in [0.29, 0.717) is 29.7 Å². The Bertz CT molecular complexity index is 2040. The average molecular weight is 757 g/mol. The molecular formula is C47H53FN4O4. The highest BCUT2D eigenvalue weighted by molar-refractivity contribution is 6.01. The number of halogens is 1. The van der Waals surface area contributed by atoms with Gasteiger partial charge in [0.15, 0.2) is 0 Å². The van der Waals surface area contributed by atoms with E-state index in [2.05, 4.69) is 81.1 Å². The highest BCUT2D eigenvalue weighted by Crippen LogP contribution is 2.47. The lowest BCUT2D eigenvalue weighted by atomic mass is 9.69. The predicted octanol–water partition coefficient (Wildman–Crippen LogP) is 7.87. The van der Waals surface area contributed by atoms with Gasteiger partial charge in [0, 0.05) is 43.3 Å². The molecule has 9 rings (SSSR count). The topological polar surface area (TPSA) is 94.1 Å². The van der Waals surface area contributed by atoms with E-state index in [1.807, 2.05) is 24.3 Å². The van der Waals surface area contributed by atoms with Crippen molar-refractivity contribution in [3.8, 4) is 5.75 Å². The van der Waals surface area contributed by atoms with Crippen molar-refractivity contribution in [2.75, 3.05) is 49.5 Å². The van der Waals surface area contributed by atoms with Crippen LogP contribution >= 0.6 is 0 Å². The Morgan fingerprint density at radius 2 is 1.59 bits per heavy atom. The first-order valence-corrected chi connectivity index (χ1v) is 20.8. The van der Waals surface area contributed by atoms with Gasteiger partial charge in [-0.3, -0.25) is 14.9 Å². The van der Waals surface area contributed by atoms with Gasteiger partial charge in [0.25, 0.3) is 0 Å². The molecule has 56 heavy (non-hydrogen) atoms. The number of fused-ring (bicyclic) bond motifs is 1. The predicted molar refractivity (Wildman–Crippen MR) is 217 cm³/mol. The normalized spacial score (nSPS) is 25.6. The molecule has 4 aromatic rings. The fourth-order valence-corrected chi connectivity index (χ4v) is 10.5. The van der Waals surface area contributed by atoms with Crippen molar-refractivity contribution >= 4 is 23.2 Å². The molecule has 4 aliphatic heterocycles. The molecule has 8 nitrogen and oxygen atoms in total. The standard InChI is InChI=1S/C47H53FN4O4/c48-42-27-36(49-43-16-17-44(54)50-46(43)55)9-14-39(42)33-18-22-51(23-19-33)29-31-28-47(56-30-31)20-24-52(25-21-47)37-10-6-34(7-11-37)45-40(32-4-2-1-3-5-32)13-8-35-26-38(53)12-15-41(35)45/h1-7,9-12,14-15,26-27,31,33,40,43,45,49,53H,8,13,16-25,28-30H2,(H,50,54,55)/t31-,40-,43-,45+/m1/s1. The number of benzene rings is 4. The number of nitrogens with zero attached hydrogens (tertiary/aromatic N) is 2. The first-order chi connectivity index (χ1) is 27.3. The monoisotopic (exact) mass is 756 g/mol. The van der Waals surface area contributed by atoms with Crippen LogP contribution < -0.4 is 15.5 Å². The fraction of sp³-hybridized carbons (Fsp3) is 0.447. The minimum atomic E-state index is -0.525. The van der Waals surface area contributed by atoms with Crippen LogP contribution in [0.4, 0.5) is 15.8 Å². The van der Waals surface area contributed by atoms with Gasteiger partial charge in [0.1, 0.15) is 17.6 Å². The second kappa shape index (κ2) is 15.7. The molecule has 0 bridgehead atoms. The number of ether oxygens (including phenoxy) is 1. The number of phenols is 1. The third kappa shape index (κ3) is 7.68. The van der Waals surface area contributed by atoms with Crippen molar-refractivity contribution in [2.24, 2.45) is 5.92 Å². The number of aromatic hydroxyl groups is 1. The van der Waals surface area contributed by atoms with Crippen LogP contribution in [0.15, 0.2) is 91.0 Å². The summed E-state index contributed by atoms with van der Waals surface area (Å²) in [6.45, 7) is 5.73. The number of nitrogens with one attached hydrogen (secondary N) is 2. The molecule has 292 valence electrons. The van der Waals surface area contributed by atoms with Crippen LogP contribution in [0, 0.1) is 11.7 Å². The van der Waals surface area contributed by atoms with Crippen molar-refractivity contribution in [1.29, 1.82) is 0 Å². The molecule has 0 saturated carbocycles. The molecule has 3 N–H and O–H groups in total. The maximum atomic E-state index is 15.3. The number of amides is 2. The van der Waals surface area contributed by atoms with Crippen molar-refractivity contribution in [1.82, 2.24) is 10.2 Å². The highest BCUT2D eigenvalue weighted by atomic mass is 19.1. The van der Waals surface area contributed by atoms with Crippen LogP contribution in [0.3, 0.4) is 0 Å². The summed E-state index contributed by atoms with van der Waals surface area (Å²) < 4.78 is 21.9. The third-order valence-electron chi connectivity index (χ3n) is 13.5. The van der Waals surface area contributed by atoms with Crippen molar-refractivity contribution < 1.29 is 23.8 Å². The molecule has 4 heterocycles. The summed E-state index contributed by atoms with van der Waals surface area (Å²) in [7, 11) is 0. The first-order valence-electron chi connectivity index (χ1n) is 20.8. The Kier molecular flexibility index (Phi) is 10.3. The Morgan fingerprint density at radius 3 is 2.34 bits per heavy atom. The number of hydrogen-bond donors (Lipinski definition) is 3. The van der Waals surface area contributed by atoms with Crippen molar-refractivity contribution in [3.05, 3.63) is 125 Å². The molecule has 9 heteroatoms. The van der Waals surface area contributed by atoms with E-state index in [9.17, 15) is 14.7 Å². The van der Waals surface area contributed by atoms with E-state index in [1.165, 1.54) is 34.0 Å². The molecule has 4 fully saturated rings. The van der Waals surface area contributed by atoms with Crippen LogP contribution in [0.1, 0.15) is 96.9 Å². The first kappa shape index (κ1) is 36.9. The van der Waals surface area contributed by atoms with Gasteiger partial charge < -0.3 is 25.0 Å². The zero-order valence-electron chi connectivity index (χ0n) is 32.1. The summed E-state index contributed by atoms with van der Waals surface area (Å²) >= 11 is 0. The van der Waals surface area contributed by atoms with Crippen LogP contribution in [0.5, 0.6) is 5.75 Å². The number of rotatable bonds is 8. The molecular weight excluding hydrogens is 704 g/mol. The Labute approximate surface area is 329 Å². The lowest BCUT2D eigenvalue weighted by Gasteiger charge is -2.40. The summed E-state index contributed by atoms with van der Waals surface area (Å²) in [5.41, 5.74) is 7.85. The number of hydrogen-bond acceptors (Lipinski definition) is 7. The van der Waals surface area contributed by atoms with E-state index < -0.39 is 6.04 Å². The van der Waals surface area contributed by atoms with Crippen LogP contribution in [-0.2, 0) is 20.7 Å². The Morgan fingerprint density at radius 1 is 0.821 bits per heavy atom. The molecule has 4 aromatic carbocycles. The minimum Gasteiger partial charge on any atom is -0.508 e. The molecule has 0 radical (unpaired) electrons. The van der Waals surface area contributed by atoms with Gasteiger partial charge in [-0.1, -0.05) is 54.6 Å². The number of carbonyl (C=O) groups excluding carboxylic acids is 2. The molecule has 4 saturated heterocycles. The maximum absolute atomic E-state index is 15.3. The third-order valence-corrected chi connectivity index (χ3v) is 13.5. The van der Waals surface area contributed by atoms with Crippen LogP contribution in [-0.4, -0.2) is 72.8 Å². The van der Waals surface area contributed by atoms with Gasteiger partial charge in [-0.15, -0.1) is 0 Å². The molecule has 0 aromatic heterocycles. The van der Waals surface area contributed by atoms with E-state index in [-0.39, 0.29) is 41.5 Å². The maximum Gasteiger partial charge on any atom is 0.249 e. The lowest BCUT2D eigenvalue weighted by Crippen LogP contribution is -2.47. The quantitative estimate of drug-likeness (QED) is 0.158. The van der Waals surface area contributed by atoms with Crippen LogP contribution in [0.25, 0.3) is 0 Å². The largest absolute Gasteiger partial charge is 0.508 e. The number of imide groups is 1. The van der Waals surface area contributed by atoms with E-state index >= 15 is 4.39 Å². The molecule has 5 aliphatic rings. The molecule has 4 atom stereocenters. The molecule has 0 unspecified atom stereocenters. The Balaban J connectivity index is 0.766. The smallest absolute Gasteiger partial charge is 0.249 e. The Hall–Kier alpha value is -4.73. The lowest BCUT2D eigenvalue weighted by molar-refractivity contribution is -0.133. The number of aryl methyl sites for hydroxylation is 1. The zero-order chi connectivity index (χ0) is 38.2. The summed E-state index contributed by atoms with van der Waals surface area (Å²) in [4.78, 5) is 28.7. The molecule has 1 aliphatic carbocycles. The van der Waals surface area contributed by atoms with Crippen molar-refractivity contribution in [3.63, 3.8) is 0 Å². The highest BCUT2D eigenvalue weighted by Gasteiger charge is 2.43. The summed E-state index contributed by atoms with van der Waals surface area (Å²) in [6.07, 6.45) is 7.76. The SMILES string of the molecule is O=C1CC[C@@H](Nc2ccc(C3CCN(C[C@@H]4COC5(CCN(c6ccc([C@@H]7c8ccc(O)cc8CC[C@@H]7c7ccccc7)cc6)CC5)C4)CC3)c(F)c2)C(=O)N1. The van der Waals surface area contributed by atoms with E-state index in [0.717, 1.165) is 89.8 Å². The van der Waals surface area contributed by atoms with Gasteiger partial charge in [-0.2, -0.15) is 0 Å². The molecule has 1 spiro atoms. The zero-order valence-corrected chi connectivity index (χ0v) is 32.1. The number of carbonyl (C=O) groups is 2. The number of anilines is 2. The van der Waals surface area contributed by atoms with Crippen LogP contribution in [0.2, 0.25) is 0 Å². The number of likely N-dealkylation sites (tertiary alicyclic amines) is 1. The van der Waals surface area contributed by atoms with E-state index in [1.54, 1.807) is 0 Å². The second-order valence-electron chi connectivity index (χ2n) is 17.0. The summed E-state index contributed by atoms with van der Waals surface area (Å²) in [5, 5.41) is 15.7. The van der Waals surface area contributed by atoms with Gasteiger partial charge in [0.05, 0.1) is 12.2 Å². The number of phenolic OH excluding ortho intramolecular Hbond substituents is 1. The minimum absolute atomic E-state index is 0.0353. The second-order valence-corrected chi connectivity index (χ2v) is 17.0. The summed E-state index contributed by atoms with van der Waals surface area (Å²) in [6, 6.07) is 30.8. The molecule has 2 amide bonds. The average Bonchev–Trinajstić information content (AvgIpc) is 3.60. The van der Waals surface area contributed by atoms with Gasteiger partial charge in [0.2, 0.25) is 11.8 Å². The summed E-state index contributed by atoms with van der Waals surface area (Å²) in [5.74, 6) is 0.837.